The summed E-state index contributed by atoms with van der Waals surface area (Å²) in [5, 5.41) is 34.0. The second-order valence-electron chi connectivity index (χ2n) is 6.64. The van der Waals surface area contributed by atoms with Gasteiger partial charge in [0.2, 0.25) is 0 Å². The van der Waals surface area contributed by atoms with Gasteiger partial charge in [0.25, 0.3) is 17.7 Å². The third kappa shape index (κ3) is 5.42. The standard InChI is InChI=1S/C22H19N5O5/c1-32-17-4-2-3-15(9-17)12-24-20(28)18-10-19(26-13-25-18)21(29)27-22(30,31)16-7-5-14(11-23)6-8-16/h2-10,13,30-31H,12H2,1H3,(H,24,28)(H,27,29). The molecule has 0 radical (unpaired) electrons. The van der Waals surface area contributed by atoms with Crippen LogP contribution in [0.25, 0.3) is 0 Å². The van der Waals surface area contributed by atoms with Crippen molar-refractivity contribution in [1.82, 2.24) is 20.6 Å². The van der Waals surface area contributed by atoms with Gasteiger partial charge in [-0.15, -0.1) is 0 Å². The van der Waals surface area contributed by atoms with E-state index in [2.05, 4.69) is 15.3 Å². The van der Waals surface area contributed by atoms with Crippen LogP contribution in [0.2, 0.25) is 0 Å². The second-order valence-corrected chi connectivity index (χ2v) is 6.64. The lowest BCUT2D eigenvalue weighted by Gasteiger charge is -2.23. The fraction of sp³-hybridized carbons (Fsp3) is 0.136. The largest absolute Gasteiger partial charge is 0.497 e. The Kier molecular flexibility index (Phi) is 6.74. The van der Waals surface area contributed by atoms with Gasteiger partial charge in [-0.05, 0) is 29.8 Å². The summed E-state index contributed by atoms with van der Waals surface area (Å²) in [6.07, 6.45) is 1.02. The molecule has 0 aliphatic heterocycles. The normalized spacial score (nSPS) is 10.7. The summed E-state index contributed by atoms with van der Waals surface area (Å²) in [6.45, 7) is 0.205. The summed E-state index contributed by atoms with van der Waals surface area (Å²) in [5.74, 6) is -3.55. The number of methoxy groups -OCH3 is 1. The van der Waals surface area contributed by atoms with Gasteiger partial charge in [-0.2, -0.15) is 5.26 Å². The van der Waals surface area contributed by atoms with Crippen LogP contribution < -0.4 is 15.4 Å². The molecule has 0 saturated heterocycles. The zero-order valence-corrected chi connectivity index (χ0v) is 16.9. The number of nitriles is 1. The van der Waals surface area contributed by atoms with Crippen molar-refractivity contribution in [3.63, 3.8) is 0 Å². The molecule has 0 saturated carbocycles. The molecule has 0 aliphatic rings. The van der Waals surface area contributed by atoms with E-state index in [4.69, 9.17) is 10.00 Å². The minimum absolute atomic E-state index is 0.0600. The van der Waals surface area contributed by atoms with Gasteiger partial charge in [-0.25, -0.2) is 9.97 Å². The van der Waals surface area contributed by atoms with E-state index in [0.29, 0.717) is 11.3 Å². The van der Waals surface area contributed by atoms with Crippen LogP contribution in [0.1, 0.15) is 37.7 Å². The summed E-state index contributed by atoms with van der Waals surface area (Å²) >= 11 is 0. The highest BCUT2D eigenvalue weighted by atomic mass is 16.5. The van der Waals surface area contributed by atoms with Gasteiger partial charge in [0.15, 0.2) is 0 Å². The average Bonchev–Trinajstić information content (AvgIpc) is 2.82. The van der Waals surface area contributed by atoms with E-state index >= 15 is 0 Å². The molecule has 10 heteroatoms. The summed E-state index contributed by atoms with van der Waals surface area (Å²) < 4.78 is 5.14. The van der Waals surface area contributed by atoms with Crippen molar-refractivity contribution in [3.8, 4) is 11.8 Å². The highest BCUT2D eigenvalue weighted by Crippen LogP contribution is 2.16. The summed E-state index contributed by atoms with van der Waals surface area (Å²) in [7, 11) is 1.54. The summed E-state index contributed by atoms with van der Waals surface area (Å²) in [6, 6.07) is 15.5. The molecule has 0 fully saturated rings. The first-order valence-corrected chi connectivity index (χ1v) is 9.33. The molecule has 0 spiro atoms. The Balaban J connectivity index is 1.68. The minimum Gasteiger partial charge on any atom is -0.497 e. The number of hydrogen-bond donors (Lipinski definition) is 4. The number of benzene rings is 2. The van der Waals surface area contributed by atoms with E-state index in [-0.39, 0.29) is 23.5 Å². The van der Waals surface area contributed by atoms with E-state index in [1.54, 1.807) is 25.3 Å². The first-order valence-electron chi connectivity index (χ1n) is 9.33. The van der Waals surface area contributed by atoms with Crippen LogP contribution in [0, 0.1) is 11.3 Å². The minimum atomic E-state index is -2.72. The molecule has 2 aromatic carbocycles. The molecule has 162 valence electrons. The summed E-state index contributed by atoms with van der Waals surface area (Å²) in [4.78, 5) is 32.5. The fourth-order valence-corrected chi connectivity index (χ4v) is 2.73. The van der Waals surface area contributed by atoms with Crippen LogP contribution in [0.5, 0.6) is 5.75 Å². The van der Waals surface area contributed by atoms with Crippen LogP contribution in [0.15, 0.2) is 60.9 Å². The highest BCUT2D eigenvalue weighted by molar-refractivity contribution is 5.97. The highest BCUT2D eigenvalue weighted by Gasteiger charge is 2.29. The molecule has 0 atom stereocenters. The maximum Gasteiger partial charge on any atom is 0.275 e. The van der Waals surface area contributed by atoms with Gasteiger partial charge < -0.3 is 20.3 Å². The number of amides is 2. The molecule has 0 aliphatic carbocycles. The predicted octanol–water partition coefficient (Wildman–Crippen LogP) is 0.812. The molecule has 0 bridgehead atoms. The topological polar surface area (TPSA) is 157 Å². The van der Waals surface area contributed by atoms with Gasteiger partial charge in [-0.1, -0.05) is 24.3 Å². The summed E-state index contributed by atoms with van der Waals surface area (Å²) in [5.41, 5.74) is 0.740. The molecule has 3 rings (SSSR count). The SMILES string of the molecule is COc1cccc(CNC(=O)c2cc(C(=O)NC(O)(O)c3ccc(C#N)cc3)ncn2)c1. The Hall–Kier alpha value is -4.33. The Labute approximate surface area is 183 Å². The quantitative estimate of drug-likeness (QED) is 0.399. The third-order valence-corrected chi connectivity index (χ3v) is 4.42. The van der Waals surface area contributed by atoms with E-state index < -0.39 is 17.7 Å². The smallest absolute Gasteiger partial charge is 0.275 e. The van der Waals surface area contributed by atoms with Crippen molar-refractivity contribution in [2.45, 2.75) is 12.5 Å². The van der Waals surface area contributed by atoms with Crippen LogP contribution in [-0.2, 0) is 12.5 Å². The first kappa shape index (κ1) is 22.4. The van der Waals surface area contributed by atoms with Crippen molar-refractivity contribution >= 4 is 11.8 Å². The lowest BCUT2D eigenvalue weighted by Crippen LogP contribution is -2.46. The van der Waals surface area contributed by atoms with Crippen LogP contribution in [0.3, 0.4) is 0 Å². The van der Waals surface area contributed by atoms with Gasteiger partial charge in [-0.3, -0.25) is 14.9 Å². The van der Waals surface area contributed by atoms with Crippen LogP contribution in [-0.4, -0.2) is 39.1 Å². The predicted molar refractivity (Wildman–Crippen MR) is 111 cm³/mol. The molecular formula is C22H19N5O5. The number of hydrogen-bond acceptors (Lipinski definition) is 8. The number of aromatic nitrogens is 2. The van der Waals surface area contributed by atoms with Crippen molar-refractivity contribution in [1.29, 1.82) is 5.26 Å². The fourth-order valence-electron chi connectivity index (χ4n) is 2.73. The number of carbonyl (C=O) groups is 2. The molecule has 3 aromatic rings. The molecule has 0 unspecified atom stereocenters. The maximum absolute atomic E-state index is 12.5. The lowest BCUT2D eigenvalue weighted by molar-refractivity contribution is -0.185. The van der Waals surface area contributed by atoms with E-state index in [1.165, 1.54) is 24.3 Å². The number of carbonyl (C=O) groups excluding carboxylic acids is 2. The molecule has 1 aromatic heterocycles. The van der Waals surface area contributed by atoms with Crippen LogP contribution >= 0.6 is 0 Å². The number of ether oxygens (including phenoxy) is 1. The molecule has 32 heavy (non-hydrogen) atoms. The monoisotopic (exact) mass is 433 g/mol. The lowest BCUT2D eigenvalue weighted by atomic mass is 10.1. The van der Waals surface area contributed by atoms with Crippen molar-refractivity contribution in [2.75, 3.05) is 7.11 Å². The number of aliphatic hydroxyl groups is 2. The Morgan fingerprint density at radius 3 is 2.41 bits per heavy atom. The van der Waals surface area contributed by atoms with Crippen molar-refractivity contribution in [3.05, 3.63) is 89.0 Å². The number of rotatable bonds is 7. The second kappa shape index (κ2) is 9.65. The Morgan fingerprint density at radius 1 is 1.06 bits per heavy atom. The van der Waals surface area contributed by atoms with Gasteiger partial charge in [0.1, 0.15) is 23.5 Å². The van der Waals surface area contributed by atoms with Gasteiger partial charge in [0.05, 0.1) is 18.7 Å². The van der Waals surface area contributed by atoms with E-state index in [9.17, 15) is 19.8 Å². The van der Waals surface area contributed by atoms with Gasteiger partial charge >= 0.3 is 0 Å². The first-order chi connectivity index (χ1) is 15.3. The molecule has 2 amide bonds. The molecular weight excluding hydrogens is 414 g/mol. The average molecular weight is 433 g/mol. The van der Waals surface area contributed by atoms with E-state index in [1.807, 2.05) is 17.5 Å². The van der Waals surface area contributed by atoms with Crippen LogP contribution in [0.4, 0.5) is 0 Å². The van der Waals surface area contributed by atoms with Crippen molar-refractivity contribution < 1.29 is 24.5 Å². The van der Waals surface area contributed by atoms with Crippen molar-refractivity contribution in [2.24, 2.45) is 0 Å². The maximum atomic E-state index is 12.5. The molecule has 1 heterocycles. The molecule has 10 nitrogen and oxygen atoms in total. The van der Waals surface area contributed by atoms with E-state index in [0.717, 1.165) is 18.0 Å². The number of nitrogens with one attached hydrogen (secondary N) is 2. The molecule has 4 N–H and O–H groups in total. The Morgan fingerprint density at radius 2 is 1.75 bits per heavy atom. The van der Waals surface area contributed by atoms with Gasteiger partial charge in [0, 0.05) is 18.2 Å². The Bertz CT molecular complexity index is 1170. The zero-order valence-electron chi connectivity index (χ0n) is 16.9. The zero-order chi connectivity index (χ0) is 23.1. The third-order valence-electron chi connectivity index (χ3n) is 4.42. The number of nitrogens with zero attached hydrogens (tertiary/aromatic N) is 3.